The number of nitrogens with zero attached hydrogens (tertiary/aromatic N) is 6. The van der Waals surface area contributed by atoms with E-state index in [2.05, 4.69) is 61.8 Å². The summed E-state index contributed by atoms with van der Waals surface area (Å²) in [5.41, 5.74) is 13.0. The first kappa shape index (κ1) is 26.5. The minimum absolute atomic E-state index is 0.448. The molecule has 8 heteroatoms. The number of rotatable bonds is 8. The molecule has 0 saturated carbocycles. The maximum atomic E-state index is 6.32. The predicted molar refractivity (Wildman–Crippen MR) is 167 cm³/mol. The van der Waals surface area contributed by atoms with Gasteiger partial charge >= 0.3 is 0 Å². The van der Waals surface area contributed by atoms with Crippen LogP contribution in [0.25, 0.3) is 33.8 Å². The number of anilines is 1. The molecular formula is C32H35N7S. The van der Waals surface area contributed by atoms with Crippen LogP contribution in [-0.4, -0.2) is 54.9 Å². The SMILES string of the molecule is C=CSN1CC2CN(Cc3ccc(-n4c(-c5cccnc5N)nc5ccc(C(/C=C\C)=C/C)nc54)cc3)CC2C1. The van der Waals surface area contributed by atoms with Crippen molar-refractivity contribution in [3.63, 3.8) is 0 Å². The van der Waals surface area contributed by atoms with E-state index in [1.807, 2.05) is 49.6 Å². The number of hydrogen-bond acceptors (Lipinski definition) is 7. The summed E-state index contributed by atoms with van der Waals surface area (Å²) in [6, 6.07) is 16.7. The van der Waals surface area contributed by atoms with E-state index in [1.54, 1.807) is 18.1 Å². The number of nitrogen functional groups attached to an aromatic ring is 1. The third kappa shape index (κ3) is 5.10. The number of imidazole rings is 1. The van der Waals surface area contributed by atoms with Crippen molar-refractivity contribution in [3.8, 4) is 17.1 Å². The van der Waals surface area contributed by atoms with Crippen molar-refractivity contribution in [2.45, 2.75) is 20.4 Å². The molecule has 3 aromatic heterocycles. The van der Waals surface area contributed by atoms with Gasteiger partial charge in [-0.25, -0.2) is 19.3 Å². The lowest BCUT2D eigenvalue weighted by atomic mass is 10.0. The molecular weight excluding hydrogens is 514 g/mol. The van der Waals surface area contributed by atoms with Crippen molar-refractivity contribution >= 4 is 34.5 Å². The molecule has 2 atom stereocenters. The Morgan fingerprint density at radius 2 is 1.80 bits per heavy atom. The Bertz CT molecular complexity index is 1570. The van der Waals surface area contributed by atoms with Crippen molar-refractivity contribution in [1.82, 2.24) is 28.7 Å². The highest BCUT2D eigenvalue weighted by molar-refractivity contribution is 7.99. The summed E-state index contributed by atoms with van der Waals surface area (Å²) in [7, 11) is 0. The van der Waals surface area contributed by atoms with E-state index in [-0.39, 0.29) is 0 Å². The van der Waals surface area contributed by atoms with E-state index in [4.69, 9.17) is 15.7 Å². The van der Waals surface area contributed by atoms with Crippen molar-refractivity contribution in [1.29, 1.82) is 0 Å². The smallest absolute Gasteiger partial charge is 0.165 e. The van der Waals surface area contributed by atoms with Crippen LogP contribution in [0, 0.1) is 11.8 Å². The summed E-state index contributed by atoms with van der Waals surface area (Å²) in [6.45, 7) is 13.5. The van der Waals surface area contributed by atoms with Crippen LogP contribution in [0.2, 0.25) is 0 Å². The lowest BCUT2D eigenvalue weighted by Crippen LogP contribution is -2.25. The van der Waals surface area contributed by atoms with Crippen LogP contribution in [0.5, 0.6) is 0 Å². The zero-order valence-corrected chi connectivity index (χ0v) is 23.9. The fourth-order valence-corrected chi connectivity index (χ4v) is 6.80. The number of allylic oxidation sites excluding steroid dienone is 4. The first-order valence-electron chi connectivity index (χ1n) is 13.8. The summed E-state index contributed by atoms with van der Waals surface area (Å²) < 4.78 is 4.55. The molecule has 2 N–H and O–H groups in total. The summed E-state index contributed by atoms with van der Waals surface area (Å²) in [5.74, 6) is 2.69. The molecule has 2 unspecified atom stereocenters. The summed E-state index contributed by atoms with van der Waals surface area (Å²) in [5, 5.41) is 1.94. The predicted octanol–water partition coefficient (Wildman–Crippen LogP) is 6.20. The average Bonchev–Trinajstić information content (AvgIpc) is 3.63. The molecule has 5 heterocycles. The number of hydrogen-bond donors (Lipinski definition) is 1. The van der Waals surface area contributed by atoms with Gasteiger partial charge in [-0.3, -0.25) is 9.47 Å². The third-order valence-electron chi connectivity index (χ3n) is 7.89. The van der Waals surface area contributed by atoms with E-state index in [0.717, 1.165) is 84.1 Å². The molecule has 2 aliphatic heterocycles. The number of benzene rings is 1. The molecule has 0 amide bonds. The third-order valence-corrected chi connectivity index (χ3v) is 8.63. The van der Waals surface area contributed by atoms with Gasteiger partial charge in [0.25, 0.3) is 0 Å². The Kier molecular flexibility index (Phi) is 7.56. The molecule has 0 aliphatic carbocycles. The minimum atomic E-state index is 0.448. The molecule has 4 aromatic rings. The standard InChI is InChI=1S/C32H35N7S/c1-4-8-23(5-2)28-14-15-29-32(35-28)39(31(36-29)27-9-7-16-34-30(27)33)26-12-10-22(11-13-26)17-37-18-24-20-38(40-6-3)21-25(24)19-37/h4-16,24-25H,3,17-21H2,1-2H3,(H2,33,34)/b8-4-,23-5+. The van der Waals surface area contributed by atoms with Crippen LogP contribution in [0.1, 0.15) is 25.1 Å². The van der Waals surface area contributed by atoms with E-state index >= 15 is 0 Å². The zero-order chi connectivity index (χ0) is 27.6. The second-order valence-corrected chi connectivity index (χ2v) is 11.6. The number of fused-ring (bicyclic) bond motifs is 2. The van der Waals surface area contributed by atoms with Gasteiger partial charge in [-0.15, -0.1) is 0 Å². The fourth-order valence-electron chi connectivity index (χ4n) is 6.04. The Labute approximate surface area is 240 Å². The Morgan fingerprint density at radius 3 is 2.48 bits per heavy atom. The highest BCUT2D eigenvalue weighted by Gasteiger charge is 2.39. The number of pyridine rings is 2. The molecule has 2 saturated heterocycles. The highest BCUT2D eigenvalue weighted by Crippen LogP contribution is 2.35. The van der Waals surface area contributed by atoms with Crippen LogP contribution < -0.4 is 5.73 Å². The molecule has 2 fully saturated rings. The van der Waals surface area contributed by atoms with Gasteiger partial charge in [0.05, 0.1) is 11.3 Å². The van der Waals surface area contributed by atoms with Crippen LogP contribution in [0.15, 0.2) is 84.9 Å². The monoisotopic (exact) mass is 549 g/mol. The molecule has 0 spiro atoms. The second kappa shape index (κ2) is 11.4. The summed E-state index contributed by atoms with van der Waals surface area (Å²) in [4.78, 5) is 17.0. The average molecular weight is 550 g/mol. The molecule has 40 heavy (non-hydrogen) atoms. The molecule has 0 radical (unpaired) electrons. The van der Waals surface area contributed by atoms with Crippen LogP contribution in [0.4, 0.5) is 5.82 Å². The van der Waals surface area contributed by atoms with E-state index in [9.17, 15) is 0 Å². The Balaban J connectivity index is 1.32. The maximum Gasteiger partial charge on any atom is 0.165 e. The number of aromatic nitrogens is 4. The van der Waals surface area contributed by atoms with Gasteiger partial charge in [-0.2, -0.15) is 0 Å². The van der Waals surface area contributed by atoms with E-state index in [0.29, 0.717) is 5.82 Å². The minimum Gasteiger partial charge on any atom is -0.383 e. The zero-order valence-electron chi connectivity index (χ0n) is 23.1. The molecule has 204 valence electrons. The van der Waals surface area contributed by atoms with Gasteiger partial charge in [-0.05, 0) is 78.6 Å². The van der Waals surface area contributed by atoms with E-state index < -0.39 is 0 Å². The number of likely N-dealkylation sites (tertiary alicyclic amines) is 1. The molecule has 1 aromatic carbocycles. The Hall–Kier alpha value is -3.72. The topological polar surface area (TPSA) is 76.1 Å². The van der Waals surface area contributed by atoms with Gasteiger partial charge in [0.1, 0.15) is 11.3 Å². The van der Waals surface area contributed by atoms with Crippen LogP contribution >= 0.6 is 11.9 Å². The van der Waals surface area contributed by atoms with Crippen molar-refractivity contribution in [2.75, 3.05) is 31.9 Å². The molecule has 6 rings (SSSR count). The molecule has 7 nitrogen and oxygen atoms in total. The van der Waals surface area contributed by atoms with Crippen molar-refractivity contribution < 1.29 is 0 Å². The quantitative estimate of drug-likeness (QED) is 0.207. The molecule has 0 bridgehead atoms. The maximum absolute atomic E-state index is 6.32. The largest absolute Gasteiger partial charge is 0.383 e. The van der Waals surface area contributed by atoms with Gasteiger partial charge in [0.15, 0.2) is 11.5 Å². The Morgan fingerprint density at radius 1 is 1.02 bits per heavy atom. The highest BCUT2D eigenvalue weighted by atomic mass is 32.2. The van der Waals surface area contributed by atoms with Crippen molar-refractivity contribution in [2.24, 2.45) is 11.8 Å². The van der Waals surface area contributed by atoms with Gasteiger partial charge in [0, 0.05) is 44.6 Å². The first-order chi connectivity index (χ1) is 19.6. The van der Waals surface area contributed by atoms with E-state index in [1.165, 1.54) is 5.56 Å². The second-order valence-electron chi connectivity index (χ2n) is 10.5. The van der Waals surface area contributed by atoms with Crippen LogP contribution in [-0.2, 0) is 6.54 Å². The summed E-state index contributed by atoms with van der Waals surface area (Å²) in [6.07, 6.45) is 7.88. The number of nitrogens with two attached hydrogens (primary N) is 1. The van der Waals surface area contributed by atoms with Gasteiger partial charge in [0.2, 0.25) is 0 Å². The normalized spacial score (nSPS) is 20.1. The lowest BCUT2D eigenvalue weighted by Gasteiger charge is -2.20. The lowest BCUT2D eigenvalue weighted by molar-refractivity contribution is 0.294. The fraction of sp³-hybridized carbons (Fsp3) is 0.281. The molecule has 2 aliphatic rings. The van der Waals surface area contributed by atoms with Gasteiger partial charge < -0.3 is 5.73 Å². The van der Waals surface area contributed by atoms with Crippen LogP contribution in [0.3, 0.4) is 0 Å². The first-order valence-corrected chi connectivity index (χ1v) is 14.7. The summed E-state index contributed by atoms with van der Waals surface area (Å²) >= 11 is 1.76. The van der Waals surface area contributed by atoms with Crippen molar-refractivity contribution in [3.05, 3.63) is 96.2 Å². The van der Waals surface area contributed by atoms with Gasteiger partial charge in [-0.1, -0.05) is 48.9 Å².